The van der Waals surface area contributed by atoms with Gasteiger partial charge in [0, 0.05) is 26.7 Å². The van der Waals surface area contributed by atoms with Crippen molar-refractivity contribution in [1.29, 1.82) is 0 Å². The van der Waals surface area contributed by atoms with Crippen molar-refractivity contribution in [3.05, 3.63) is 12.4 Å². The zero-order valence-corrected chi connectivity index (χ0v) is 10.7. The number of anilines is 2. The van der Waals surface area contributed by atoms with Gasteiger partial charge in [-0.25, -0.2) is 9.97 Å². The maximum atomic E-state index is 12.6. The molecule has 1 aromatic heterocycles. The minimum Gasteiger partial charge on any atom is -0.365 e. The fourth-order valence-electron chi connectivity index (χ4n) is 1.81. The average molecular weight is 276 g/mol. The lowest BCUT2D eigenvalue weighted by atomic mass is 10.2. The summed E-state index contributed by atoms with van der Waals surface area (Å²) in [7, 11) is 3.62. The van der Waals surface area contributed by atoms with Gasteiger partial charge in [0.1, 0.15) is 18.0 Å². The van der Waals surface area contributed by atoms with E-state index in [1.165, 1.54) is 6.33 Å². The Kier molecular flexibility index (Phi) is 3.79. The number of aromatic nitrogens is 2. The minimum atomic E-state index is -4.35. The molecule has 0 saturated carbocycles. The fraction of sp³-hybridized carbons (Fsp3) is 0.636. The van der Waals surface area contributed by atoms with Crippen molar-refractivity contribution in [2.45, 2.75) is 12.3 Å². The monoisotopic (exact) mass is 276 g/mol. The molecular formula is C11H15F3N4O. The van der Waals surface area contributed by atoms with Gasteiger partial charge in [-0.15, -0.1) is 0 Å². The molecule has 0 amide bonds. The highest BCUT2D eigenvalue weighted by atomic mass is 19.4. The second kappa shape index (κ2) is 5.20. The third kappa shape index (κ3) is 3.25. The van der Waals surface area contributed by atoms with Gasteiger partial charge < -0.3 is 14.5 Å². The number of hydrogen-bond donors (Lipinski definition) is 0. The Morgan fingerprint density at radius 1 is 1.37 bits per heavy atom. The van der Waals surface area contributed by atoms with Crippen LogP contribution in [0.2, 0.25) is 0 Å². The van der Waals surface area contributed by atoms with Gasteiger partial charge in [-0.3, -0.25) is 0 Å². The van der Waals surface area contributed by atoms with Crippen LogP contribution in [-0.2, 0) is 4.74 Å². The smallest absolute Gasteiger partial charge is 0.365 e. The van der Waals surface area contributed by atoms with Gasteiger partial charge in [0.15, 0.2) is 6.10 Å². The van der Waals surface area contributed by atoms with E-state index in [1.54, 1.807) is 15.9 Å². The van der Waals surface area contributed by atoms with E-state index in [4.69, 9.17) is 4.74 Å². The Balaban J connectivity index is 2.15. The molecule has 0 N–H and O–H groups in total. The average Bonchev–Trinajstić information content (AvgIpc) is 2.38. The zero-order chi connectivity index (χ0) is 14.0. The van der Waals surface area contributed by atoms with Crippen molar-refractivity contribution in [2.24, 2.45) is 0 Å². The van der Waals surface area contributed by atoms with Gasteiger partial charge in [0.2, 0.25) is 0 Å². The van der Waals surface area contributed by atoms with Crippen LogP contribution < -0.4 is 9.80 Å². The van der Waals surface area contributed by atoms with E-state index >= 15 is 0 Å². The summed E-state index contributed by atoms with van der Waals surface area (Å²) in [5.74, 6) is 1.14. The lowest BCUT2D eigenvalue weighted by molar-refractivity contribution is -0.221. The molecule has 0 radical (unpaired) electrons. The molecule has 5 nitrogen and oxygen atoms in total. The van der Waals surface area contributed by atoms with Crippen LogP contribution in [0.4, 0.5) is 24.8 Å². The van der Waals surface area contributed by atoms with E-state index in [-0.39, 0.29) is 13.2 Å². The van der Waals surface area contributed by atoms with Crippen molar-refractivity contribution >= 4 is 11.6 Å². The van der Waals surface area contributed by atoms with Crippen LogP contribution in [-0.4, -0.2) is 56.0 Å². The minimum absolute atomic E-state index is 0.0332. The summed E-state index contributed by atoms with van der Waals surface area (Å²) < 4.78 is 42.7. The first-order valence-electron chi connectivity index (χ1n) is 5.80. The Morgan fingerprint density at radius 3 is 2.74 bits per heavy atom. The predicted octanol–water partition coefficient (Wildman–Crippen LogP) is 1.31. The summed E-state index contributed by atoms with van der Waals surface area (Å²) >= 11 is 0. The van der Waals surface area contributed by atoms with Crippen molar-refractivity contribution in [2.75, 3.05) is 43.6 Å². The quantitative estimate of drug-likeness (QED) is 0.814. The molecule has 0 spiro atoms. The third-order valence-electron chi connectivity index (χ3n) is 2.85. The Hall–Kier alpha value is -1.57. The summed E-state index contributed by atoms with van der Waals surface area (Å²) in [6.07, 6.45) is -4.77. The Morgan fingerprint density at radius 2 is 2.11 bits per heavy atom. The first-order valence-corrected chi connectivity index (χ1v) is 5.80. The van der Waals surface area contributed by atoms with E-state index in [1.807, 2.05) is 14.1 Å². The van der Waals surface area contributed by atoms with Crippen LogP contribution in [0, 0.1) is 0 Å². The van der Waals surface area contributed by atoms with E-state index < -0.39 is 12.3 Å². The van der Waals surface area contributed by atoms with E-state index in [0.29, 0.717) is 18.2 Å². The summed E-state index contributed by atoms with van der Waals surface area (Å²) in [6, 6.07) is 1.67. The molecule has 1 saturated heterocycles. The standard InChI is InChI=1S/C11H15F3N4O/c1-17(2)9-5-10(16-7-15-9)18-3-4-19-8(6-18)11(12,13)14/h5,7-8H,3-4,6H2,1-2H3. The lowest BCUT2D eigenvalue weighted by Gasteiger charge is -2.34. The second-order valence-corrected chi connectivity index (χ2v) is 4.48. The molecule has 8 heteroatoms. The fourth-order valence-corrected chi connectivity index (χ4v) is 1.81. The predicted molar refractivity (Wildman–Crippen MR) is 64.4 cm³/mol. The largest absolute Gasteiger partial charge is 0.416 e. The molecule has 2 heterocycles. The molecule has 0 aliphatic carbocycles. The molecule has 19 heavy (non-hydrogen) atoms. The molecule has 106 valence electrons. The highest BCUT2D eigenvalue weighted by Gasteiger charge is 2.43. The molecule has 0 bridgehead atoms. The number of rotatable bonds is 2. The summed E-state index contributed by atoms with van der Waals surface area (Å²) in [5.41, 5.74) is 0. The highest BCUT2D eigenvalue weighted by Crippen LogP contribution is 2.27. The summed E-state index contributed by atoms with van der Waals surface area (Å²) in [5, 5.41) is 0. The third-order valence-corrected chi connectivity index (χ3v) is 2.85. The lowest BCUT2D eigenvalue weighted by Crippen LogP contribution is -2.49. The molecule has 2 rings (SSSR count). The Labute approximate surface area is 109 Å². The number of halogens is 3. The van der Waals surface area contributed by atoms with Crippen LogP contribution in [0.3, 0.4) is 0 Å². The maximum Gasteiger partial charge on any atom is 0.416 e. The Bertz CT molecular complexity index is 438. The van der Waals surface area contributed by atoms with Gasteiger partial charge in [-0.05, 0) is 0 Å². The van der Waals surface area contributed by atoms with Gasteiger partial charge in [-0.1, -0.05) is 0 Å². The molecule has 1 aromatic rings. The maximum absolute atomic E-state index is 12.6. The zero-order valence-electron chi connectivity index (χ0n) is 10.7. The van der Waals surface area contributed by atoms with Gasteiger partial charge in [0.05, 0.1) is 13.2 Å². The normalized spacial score (nSPS) is 20.5. The van der Waals surface area contributed by atoms with Crippen LogP contribution in [0.5, 0.6) is 0 Å². The summed E-state index contributed by atoms with van der Waals surface area (Å²) in [4.78, 5) is 11.4. The van der Waals surface area contributed by atoms with Gasteiger partial charge in [0.25, 0.3) is 0 Å². The van der Waals surface area contributed by atoms with E-state index in [0.717, 1.165) is 0 Å². The van der Waals surface area contributed by atoms with Crippen molar-refractivity contribution < 1.29 is 17.9 Å². The highest BCUT2D eigenvalue weighted by molar-refractivity contribution is 5.49. The van der Waals surface area contributed by atoms with Gasteiger partial charge in [-0.2, -0.15) is 13.2 Å². The number of nitrogens with zero attached hydrogens (tertiary/aromatic N) is 4. The molecular weight excluding hydrogens is 261 g/mol. The van der Waals surface area contributed by atoms with Crippen LogP contribution in [0.25, 0.3) is 0 Å². The molecule has 1 fully saturated rings. The number of alkyl halides is 3. The van der Waals surface area contributed by atoms with Gasteiger partial charge >= 0.3 is 6.18 Å². The van der Waals surface area contributed by atoms with Crippen molar-refractivity contribution in [1.82, 2.24) is 9.97 Å². The van der Waals surface area contributed by atoms with Crippen molar-refractivity contribution in [3.63, 3.8) is 0 Å². The first-order chi connectivity index (χ1) is 8.88. The number of ether oxygens (including phenoxy) is 1. The molecule has 1 unspecified atom stereocenters. The van der Waals surface area contributed by atoms with E-state index in [9.17, 15) is 13.2 Å². The molecule has 1 aliphatic rings. The van der Waals surface area contributed by atoms with Crippen LogP contribution in [0.15, 0.2) is 12.4 Å². The second-order valence-electron chi connectivity index (χ2n) is 4.48. The topological polar surface area (TPSA) is 41.5 Å². The summed E-state index contributed by atoms with van der Waals surface area (Å²) in [6.45, 7) is 0.176. The molecule has 0 aromatic carbocycles. The molecule has 1 aliphatic heterocycles. The number of hydrogen-bond acceptors (Lipinski definition) is 5. The van der Waals surface area contributed by atoms with Crippen LogP contribution in [0.1, 0.15) is 0 Å². The first kappa shape index (κ1) is 13.9. The number of morpholine rings is 1. The van der Waals surface area contributed by atoms with Crippen molar-refractivity contribution in [3.8, 4) is 0 Å². The SMILES string of the molecule is CN(C)c1cc(N2CCOC(C(F)(F)F)C2)ncn1. The molecule has 1 atom stereocenters. The van der Waals surface area contributed by atoms with Crippen LogP contribution >= 0.6 is 0 Å². The van der Waals surface area contributed by atoms with E-state index in [2.05, 4.69) is 9.97 Å².